The van der Waals surface area contributed by atoms with E-state index in [2.05, 4.69) is 88.9 Å². The fourth-order valence-corrected chi connectivity index (χ4v) is 6.19. The van der Waals surface area contributed by atoms with E-state index in [1.165, 1.54) is 17.2 Å². The summed E-state index contributed by atoms with van der Waals surface area (Å²) >= 11 is 0. The van der Waals surface area contributed by atoms with Crippen LogP contribution in [0, 0.1) is 0 Å². The number of nitrogens with zero attached hydrogens (tertiary/aromatic N) is 8. The third-order valence-corrected chi connectivity index (χ3v) is 8.95. The Bertz CT molecular complexity index is 1410. The van der Waals surface area contributed by atoms with Gasteiger partial charge in [0.05, 0.1) is 30.7 Å². The molecule has 0 unspecified atom stereocenters. The maximum atomic E-state index is 4.99. The first kappa shape index (κ1) is 26.2. The molecule has 9 heteroatoms. The van der Waals surface area contributed by atoms with Crippen LogP contribution in [0.1, 0.15) is 83.1 Å². The molecule has 0 fully saturated rings. The van der Waals surface area contributed by atoms with Crippen LogP contribution in [0.25, 0.3) is 5.65 Å². The Morgan fingerprint density at radius 1 is 0.846 bits per heavy atom. The molecular formula is C30H43N9. The van der Waals surface area contributed by atoms with Gasteiger partial charge in [-0.1, -0.05) is 41.5 Å². The van der Waals surface area contributed by atoms with Gasteiger partial charge in [0.25, 0.3) is 0 Å². The van der Waals surface area contributed by atoms with Gasteiger partial charge < -0.3 is 18.9 Å². The van der Waals surface area contributed by atoms with Crippen LogP contribution in [0.3, 0.4) is 0 Å². The second-order valence-electron chi connectivity index (χ2n) is 13.5. The van der Waals surface area contributed by atoms with Crippen molar-refractivity contribution in [1.29, 1.82) is 0 Å². The van der Waals surface area contributed by atoms with Crippen molar-refractivity contribution in [2.24, 2.45) is 0 Å². The molecule has 6 rings (SSSR count). The summed E-state index contributed by atoms with van der Waals surface area (Å²) < 4.78 is 6.86. The van der Waals surface area contributed by atoms with Crippen LogP contribution in [-0.2, 0) is 42.4 Å². The van der Waals surface area contributed by atoms with E-state index >= 15 is 0 Å². The molecule has 0 radical (unpaired) electrons. The lowest BCUT2D eigenvalue weighted by atomic mass is 9.76. The lowest BCUT2D eigenvalue weighted by molar-refractivity contribution is 0.174. The first-order valence-electron chi connectivity index (χ1n) is 14.4. The molecule has 0 aromatic carbocycles. The molecule has 4 aromatic heterocycles. The Morgan fingerprint density at radius 3 is 2.44 bits per heavy atom. The fraction of sp³-hybridized carbons (Fsp3) is 0.600. The molecule has 0 aliphatic carbocycles. The third-order valence-electron chi connectivity index (χ3n) is 8.95. The number of fused-ring (bicyclic) bond motifs is 3. The summed E-state index contributed by atoms with van der Waals surface area (Å²) in [5.41, 5.74) is 4.55. The molecule has 9 nitrogen and oxygen atoms in total. The first-order chi connectivity index (χ1) is 18.5. The molecule has 208 valence electrons. The van der Waals surface area contributed by atoms with Gasteiger partial charge in [0.1, 0.15) is 11.6 Å². The van der Waals surface area contributed by atoms with Crippen molar-refractivity contribution in [1.82, 2.24) is 43.7 Å². The van der Waals surface area contributed by atoms with E-state index in [0.29, 0.717) is 0 Å². The van der Waals surface area contributed by atoms with E-state index in [4.69, 9.17) is 15.0 Å². The summed E-state index contributed by atoms with van der Waals surface area (Å²) in [6, 6.07) is 0. The number of nitrogens with one attached hydrogen (secondary N) is 1. The highest BCUT2D eigenvalue weighted by Gasteiger charge is 2.34. The highest BCUT2D eigenvalue weighted by atomic mass is 15.3. The Balaban J connectivity index is 1.12. The SMILES string of the molecule is CC(C)(CN1CCn2c(C(C)(C)CCC(C)(C)c3cn4ccncc4n3)cnc2C1)c1cn2c(n1)CNCC2. The molecule has 4 aromatic rings. The quantitative estimate of drug-likeness (QED) is 0.371. The van der Waals surface area contributed by atoms with Gasteiger partial charge in [-0.25, -0.2) is 15.0 Å². The van der Waals surface area contributed by atoms with Crippen molar-refractivity contribution in [3.8, 4) is 0 Å². The molecular weight excluding hydrogens is 486 g/mol. The molecule has 39 heavy (non-hydrogen) atoms. The van der Waals surface area contributed by atoms with Crippen molar-refractivity contribution < 1.29 is 0 Å². The third kappa shape index (κ3) is 5.02. The van der Waals surface area contributed by atoms with E-state index < -0.39 is 0 Å². The summed E-state index contributed by atoms with van der Waals surface area (Å²) in [5.74, 6) is 2.34. The Hall–Kier alpha value is -3.04. The van der Waals surface area contributed by atoms with Crippen LogP contribution in [0.5, 0.6) is 0 Å². The minimum Gasteiger partial charge on any atom is -0.332 e. The summed E-state index contributed by atoms with van der Waals surface area (Å²) in [6.07, 6.45) is 14.3. The Labute approximate surface area is 231 Å². The van der Waals surface area contributed by atoms with E-state index in [-0.39, 0.29) is 16.2 Å². The standard InChI is InChI=1S/C30H43N9/c1-28(2,22-18-37-11-9-31-16-25(37)34-22)7-8-29(3,4)24-15-33-27-20-36(13-14-39(24)27)21-30(5,6)23-19-38-12-10-32-17-26(38)35-23/h9,11,15-16,18-19,32H,7-8,10,12-14,17,20-21H2,1-6H3. The molecule has 0 amide bonds. The minimum absolute atomic E-state index is 0.0131. The molecule has 0 atom stereocenters. The van der Waals surface area contributed by atoms with Crippen molar-refractivity contribution in [3.05, 3.63) is 65.9 Å². The van der Waals surface area contributed by atoms with E-state index in [0.717, 1.165) is 75.8 Å². The fourth-order valence-electron chi connectivity index (χ4n) is 6.19. The predicted octanol–water partition coefficient (Wildman–Crippen LogP) is 4.05. The Morgan fingerprint density at radius 2 is 1.64 bits per heavy atom. The van der Waals surface area contributed by atoms with Gasteiger partial charge in [0.2, 0.25) is 0 Å². The molecule has 0 saturated heterocycles. The van der Waals surface area contributed by atoms with E-state index in [1.807, 2.05) is 18.6 Å². The summed E-state index contributed by atoms with van der Waals surface area (Å²) in [4.78, 5) is 21.6. The molecule has 2 aliphatic rings. The van der Waals surface area contributed by atoms with Gasteiger partial charge >= 0.3 is 0 Å². The van der Waals surface area contributed by atoms with Gasteiger partial charge in [0, 0.05) is 85.6 Å². The maximum absolute atomic E-state index is 4.99. The van der Waals surface area contributed by atoms with Crippen LogP contribution >= 0.6 is 0 Å². The van der Waals surface area contributed by atoms with Crippen LogP contribution < -0.4 is 5.32 Å². The smallest absolute Gasteiger partial charge is 0.155 e. The lowest BCUT2D eigenvalue weighted by Gasteiger charge is -2.36. The molecule has 1 N–H and O–H groups in total. The zero-order valence-electron chi connectivity index (χ0n) is 24.4. The van der Waals surface area contributed by atoms with Gasteiger partial charge in [-0.05, 0) is 12.8 Å². The zero-order chi connectivity index (χ0) is 27.4. The average Bonchev–Trinajstić information content (AvgIpc) is 3.64. The van der Waals surface area contributed by atoms with Crippen molar-refractivity contribution in [2.45, 2.75) is 96.8 Å². The highest BCUT2D eigenvalue weighted by molar-refractivity contribution is 5.38. The minimum atomic E-state index is -0.0289. The normalized spacial score (nSPS) is 17.0. The predicted molar refractivity (Wildman–Crippen MR) is 153 cm³/mol. The summed E-state index contributed by atoms with van der Waals surface area (Å²) in [6.45, 7) is 20.8. The second kappa shape index (κ2) is 9.55. The molecule has 6 heterocycles. The highest BCUT2D eigenvalue weighted by Crippen LogP contribution is 2.37. The van der Waals surface area contributed by atoms with E-state index in [9.17, 15) is 0 Å². The Kier molecular flexibility index (Phi) is 6.42. The number of hydrogen-bond donors (Lipinski definition) is 1. The zero-order valence-corrected chi connectivity index (χ0v) is 24.4. The van der Waals surface area contributed by atoms with Crippen LogP contribution in [0.15, 0.2) is 37.2 Å². The molecule has 0 bridgehead atoms. The second-order valence-corrected chi connectivity index (χ2v) is 13.5. The number of imidazole rings is 3. The van der Waals surface area contributed by atoms with Crippen molar-refractivity contribution >= 4 is 5.65 Å². The topological polar surface area (TPSA) is 81.1 Å². The number of aromatic nitrogens is 7. The van der Waals surface area contributed by atoms with Crippen LogP contribution in [0.2, 0.25) is 0 Å². The first-order valence-corrected chi connectivity index (χ1v) is 14.4. The summed E-state index contributed by atoms with van der Waals surface area (Å²) in [7, 11) is 0. The van der Waals surface area contributed by atoms with Gasteiger partial charge in [-0.15, -0.1) is 0 Å². The van der Waals surface area contributed by atoms with Crippen molar-refractivity contribution in [3.63, 3.8) is 0 Å². The number of hydrogen-bond acceptors (Lipinski definition) is 6. The van der Waals surface area contributed by atoms with Crippen LogP contribution in [0.4, 0.5) is 0 Å². The van der Waals surface area contributed by atoms with Crippen molar-refractivity contribution in [2.75, 3.05) is 19.6 Å². The van der Waals surface area contributed by atoms with Gasteiger partial charge in [-0.2, -0.15) is 0 Å². The monoisotopic (exact) mass is 529 g/mol. The van der Waals surface area contributed by atoms with Gasteiger partial charge in [0.15, 0.2) is 5.65 Å². The van der Waals surface area contributed by atoms with Gasteiger partial charge in [-0.3, -0.25) is 9.88 Å². The summed E-state index contributed by atoms with van der Waals surface area (Å²) in [5, 5.41) is 3.43. The average molecular weight is 530 g/mol. The molecule has 0 spiro atoms. The van der Waals surface area contributed by atoms with Crippen LogP contribution in [-0.4, -0.2) is 58.0 Å². The lowest BCUT2D eigenvalue weighted by Crippen LogP contribution is -2.42. The molecule has 2 aliphatic heterocycles. The largest absolute Gasteiger partial charge is 0.332 e. The number of rotatable bonds is 8. The molecule has 0 saturated carbocycles. The maximum Gasteiger partial charge on any atom is 0.155 e. The van der Waals surface area contributed by atoms with E-state index in [1.54, 1.807) is 0 Å².